The van der Waals surface area contributed by atoms with Crippen LogP contribution >= 0.6 is 11.6 Å². The van der Waals surface area contributed by atoms with Crippen molar-refractivity contribution in [1.82, 2.24) is 4.98 Å². The molecule has 0 spiro atoms. The van der Waals surface area contributed by atoms with E-state index in [0.717, 1.165) is 5.56 Å². The van der Waals surface area contributed by atoms with Gasteiger partial charge in [0.05, 0.1) is 6.04 Å². The predicted molar refractivity (Wildman–Crippen MR) is 97.9 cm³/mol. The minimum absolute atomic E-state index is 0.0957. The van der Waals surface area contributed by atoms with Crippen LogP contribution in [0.4, 0.5) is 10.1 Å². The number of rotatable bonds is 4. The molecule has 0 aliphatic carbocycles. The lowest BCUT2D eigenvalue weighted by Gasteiger charge is -2.34. The summed E-state index contributed by atoms with van der Waals surface area (Å²) >= 11 is 5.74. The first-order chi connectivity index (χ1) is 12.9. The molecule has 2 heterocycles. The molecule has 27 heavy (non-hydrogen) atoms. The van der Waals surface area contributed by atoms with Crippen LogP contribution < -0.4 is 14.4 Å². The molecule has 0 N–H and O–H groups in total. The Morgan fingerprint density at radius 3 is 2.70 bits per heavy atom. The zero-order chi connectivity index (χ0) is 19.6. The fraction of sp³-hybridized carbons (Fsp3) is 0.316. The first-order valence-electron chi connectivity index (χ1n) is 8.36. The van der Waals surface area contributed by atoms with Crippen LogP contribution in [-0.2, 0) is 16.0 Å². The summed E-state index contributed by atoms with van der Waals surface area (Å²) < 4.78 is 24.0. The molecule has 8 heteroatoms. The van der Waals surface area contributed by atoms with E-state index in [9.17, 15) is 14.0 Å². The number of hydrogen-bond acceptors (Lipinski definition) is 5. The Balaban J connectivity index is 2.06. The molecule has 6 nitrogen and oxygen atoms in total. The van der Waals surface area contributed by atoms with Gasteiger partial charge in [-0.15, -0.1) is 11.6 Å². The van der Waals surface area contributed by atoms with Crippen LogP contribution in [0, 0.1) is 5.82 Å². The number of aromatic nitrogens is 1. The maximum Gasteiger partial charge on any atom is 0.309 e. The highest BCUT2D eigenvalue weighted by molar-refractivity contribution is 6.29. The number of amides is 1. The van der Waals surface area contributed by atoms with Crippen LogP contribution in [-0.4, -0.2) is 35.4 Å². The molecule has 1 amide bonds. The van der Waals surface area contributed by atoms with Gasteiger partial charge in [-0.3, -0.25) is 9.59 Å². The molecule has 0 bridgehead atoms. The highest BCUT2D eigenvalue weighted by atomic mass is 35.5. The van der Waals surface area contributed by atoms with Crippen molar-refractivity contribution in [3.05, 3.63) is 47.3 Å². The zero-order valence-electron chi connectivity index (χ0n) is 14.9. The summed E-state index contributed by atoms with van der Waals surface area (Å²) in [5.74, 6) is -1.03. The molecule has 0 saturated carbocycles. The Bertz CT molecular complexity index is 873. The average Bonchev–Trinajstić information content (AvgIpc) is 2.63. The predicted octanol–water partition coefficient (Wildman–Crippen LogP) is 3.09. The summed E-state index contributed by atoms with van der Waals surface area (Å²) in [6, 6.07) is 7.44. The molecular formula is C19H18ClFN2O4. The summed E-state index contributed by atoms with van der Waals surface area (Å²) in [5, 5.41) is 0. The third kappa shape index (κ3) is 4.19. The summed E-state index contributed by atoms with van der Waals surface area (Å²) in [6.45, 7) is 3.36. The molecule has 1 aromatic carbocycles. The second-order valence-electron chi connectivity index (χ2n) is 6.23. The molecular weight excluding hydrogens is 375 g/mol. The molecule has 0 radical (unpaired) electrons. The number of nitrogens with zero attached hydrogens (tertiary/aromatic N) is 2. The van der Waals surface area contributed by atoms with E-state index in [1.54, 1.807) is 18.2 Å². The number of alkyl halides is 1. The Labute approximate surface area is 160 Å². The lowest BCUT2D eigenvalue weighted by molar-refractivity contribution is -0.132. The summed E-state index contributed by atoms with van der Waals surface area (Å²) in [4.78, 5) is 29.6. The molecule has 1 aliphatic heterocycles. The molecule has 0 fully saturated rings. The molecule has 1 atom stereocenters. The Kier molecular flexibility index (Phi) is 5.60. The van der Waals surface area contributed by atoms with E-state index in [1.165, 1.54) is 24.0 Å². The monoisotopic (exact) mass is 392 g/mol. The van der Waals surface area contributed by atoms with Crippen molar-refractivity contribution in [3.8, 4) is 11.8 Å². The van der Waals surface area contributed by atoms with Gasteiger partial charge in [-0.05, 0) is 30.7 Å². The van der Waals surface area contributed by atoms with E-state index in [2.05, 4.69) is 4.98 Å². The summed E-state index contributed by atoms with van der Waals surface area (Å²) in [6.07, 6.45) is 0.334. The topological polar surface area (TPSA) is 68.7 Å². The van der Waals surface area contributed by atoms with E-state index >= 15 is 0 Å². The van der Waals surface area contributed by atoms with Crippen LogP contribution in [0.25, 0.3) is 0 Å². The number of anilines is 1. The van der Waals surface area contributed by atoms with Crippen molar-refractivity contribution < 1.29 is 23.5 Å². The van der Waals surface area contributed by atoms with E-state index in [1.807, 2.05) is 6.92 Å². The number of pyridine rings is 1. The number of carbonyl (C=O) groups is 2. The Hall–Kier alpha value is -2.67. The van der Waals surface area contributed by atoms with Crippen LogP contribution in [0.2, 0.25) is 0 Å². The van der Waals surface area contributed by atoms with Gasteiger partial charge in [0.1, 0.15) is 24.0 Å². The number of hydrogen-bond donors (Lipinski definition) is 0. The third-order valence-electron chi connectivity index (χ3n) is 4.10. The zero-order valence-corrected chi connectivity index (χ0v) is 15.6. The first-order valence-corrected chi connectivity index (χ1v) is 8.90. The molecule has 3 rings (SSSR count). The van der Waals surface area contributed by atoms with Gasteiger partial charge in [-0.1, -0.05) is 12.1 Å². The van der Waals surface area contributed by atoms with Crippen molar-refractivity contribution in [2.24, 2.45) is 0 Å². The summed E-state index contributed by atoms with van der Waals surface area (Å²) in [5.41, 5.74) is 1.83. The fourth-order valence-electron chi connectivity index (χ4n) is 2.92. The summed E-state index contributed by atoms with van der Waals surface area (Å²) in [7, 11) is 0. The molecule has 142 valence electrons. The normalized spacial score (nSPS) is 15.7. The Morgan fingerprint density at radius 2 is 2.07 bits per heavy atom. The smallest absolute Gasteiger partial charge is 0.309 e. The highest BCUT2D eigenvalue weighted by Crippen LogP contribution is 2.37. The molecule has 2 aromatic rings. The van der Waals surface area contributed by atoms with E-state index in [4.69, 9.17) is 21.1 Å². The van der Waals surface area contributed by atoms with Crippen molar-refractivity contribution in [3.63, 3.8) is 0 Å². The van der Waals surface area contributed by atoms with Crippen LogP contribution in [0.15, 0.2) is 30.3 Å². The third-order valence-corrected chi connectivity index (χ3v) is 4.33. The van der Waals surface area contributed by atoms with Gasteiger partial charge in [0.25, 0.3) is 0 Å². The minimum atomic E-state index is -0.527. The van der Waals surface area contributed by atoms with E-state index in [0.29, 0.717) is 17.7 Å². The van der Waals surface area contributed by atoms with Crippen molar-refractivity contribution in [2.75, 3.05) is 17.4 Å². The van der Waals surface area contributed by atoms with Gasteiger partial charge in [-0.2, -0.15) is 4.98 Å². The van der Waals surface area contributed by atoms with Crippen LogP contribution in [0.5, 0.6) is 11.8 Å². The number of benzene rings is 1. The molecule has 1 aliphatic rings. The lowest BCUT2D eigenvalue weighted by Crippen LogP contribution is -2.46. The van der Waals surface area contributed by atoms with Gasteiger partial charge < -0.3 is 14.4 Å². The maximum atomic E-state index is 13.2. The SMILES string of the molecule is CC(=O)Oc1nc2c(cc1Cc1ccc(F)cc1)N(C(=O)CCl)[C@@H](C)CO2. The van der Waals surface area contributed by atoms with Gasteiger partial charge in [-0.25, -0.2) is 4.39 Å². The second-order valence-corrected chi connectivity index (χ2v) is 6.50. The second kappa shape index (κ2) is 7.92. The van der Waals surface area contributed by atoms with Gasteiger partial charge in [0.2, 0.25) is 17.7 Å². The minimum Gasteiger partial charge on any atom is -0.474 e. The maximum absolute atomic E-state index is 13.2. The van der Waals surface area contributed by atoms with Gasteiger partial charge >= 0.3 is 5.97 Å². The average molecular weight is 393 g/mol. The van der Waals surface area contributed by atoms with E-state index in [-0.39, 0.29) is 42.0 Å². The number of halogens is 2. The van der Waals surface area contributed by atoms with Crippen LogP contribution in [0.1, 0.15) is 25.0 Å². The Morgan fingerprint density at radius 1 is 1.37 bits per heavy atom. The van der Waals surface area contributed by atoms with Crippen LogP contribution in [0.3, 0.4) is 0 Å². The number of fused-ring (bicyclic) bond motifs is 1. The standard InChI is InChI=1S/C19H18ClFN2O4/c1-11-10-26-19-16(23(11)17(25)9-20)8-14(18(22-19)27-12(2)24)7-13-3-5-15(21)6-4-13/h3-6,8,11H,7,9-10H2,1-2H3/t11-/m0/s1. The van der Waals surface area contributed by atoms with Crippen molar-refractivity contribution in [1.29, 1.82) is 0 Å². The lowest BCUT2D eigenvalue weighted by atomic mass is 10.0. The molecule has 0 saturated heterocycles. The van der Waals surface area contributed by atoms with Gasteiger partial charge in [0, 0.05) is 18.9 Å². The van der Waals surface area contributed by atoms with E-state index < -0.39 is 5.97 Å². The molecule has 0 unspecified atom stereocenters. The fourth-order valence-corrected chi connectivity index (χ4v) is 3.05. The quantitative estimate of drug-likeness (QED) is 0.590. The highest BCUT2D eigenvalue weighted by Gasteiger charge is 2.31. The largest absolute Gasteiger partial charge is 0.474 e. The number of esters is 1. The first kappa shape index (κ1) is 19.1. The number of carbonyl (C=O) groups excluding carboxylic acids is 2. The van der Waals surface area contributed by atoms with Crippen molar-refractivity contribution >= 4 is 29.2 Å². The number of ether oxygens (including phenoxy) is 2. The molecule has 1 aromatic heterocycles. The van der Waals surface area contributed by atoms with Gasteiger partial charge in [0.15, 0.2) is 0 Å². The van der Waals surface area contributed by atoms with Crippen molar-refractivity contribution in [2.45, 2.75) is 26.3 Å².